The molecule has 0 radical (unpaired) electrons. The second kappa shape index (κ2) is 4.75. The van der Waals surface area contributed by atoms with Crippen molar-refractivity contribution in [1.29, 1.82) is 0 Å². The lowest BCUT2D eigenvalue weighted by Gasteiger charge is -2.23. The molecule has 2 fully saturated rings. The first-order valence-corrected chi connectivity index (χ1v) is 7.39. The molecule has 2 N–H and O–H groups in total. The summed E-state index contributed by atoms with van der Waals surface area (Å²) in [5.74, 6) is 2.37. The zero-order valence-corrected chi connectivity index (χ0v) is 12.0. The van der Waals surface area contributed by atoms with Crippen LogP contribution in [-0.2, 0) is 0 Å². The average molecular weight is 261 g/mol. The van der Waals surface area contributed by atoms with Crippen LogP contribution in [0.15, 0.2) is 4.79 Å². The van der Waals surface area contributed by atoms with E-state index in [-0.39, 0.29) is 11.6 Å². The topological polar surface area (TPSA) is 57.8 Å². The number of aromatic amines is 1. The van der Waals surface area contributed by atoms with E-state index in [1.807, 2.05) is 13.8 Å². The number of hydrogen-bond acceptors (Lipinski definition) is 3. The predicted molar refractivity (Wildman–Crippen MR) is 75.1 cm³/mol. The minimum Gasteiger partial charge on any atom is -0.310 e. The summed E-state index contributed by atoms with van der Waals surface area (Å²) in [4.78, 5) is 19.3. The number of rotatable bonds is 5. The summed E-state index contributed by atoms with van der Waals surface area (Å²) >= 11 is 0. The molecule has 1 atom stereocenters. The smallest absolute Gasteiger partial charge is 0.255 e. The van der Waals surface area contributed by atoms with Crippen LogP contribution in [0.3, 0.4) is 0 Å². The molecule has 0 amide bonds. The van der Waals surface area contributed by atoms with E-state index in [4.69, 9.17) is 0 Å². The number of aryl methyl sites for hydroxylation is 2. The molecule has 1 heterocycles. The first kappa shape index (κ1) is 12.9. The van der Waals surface area contributed by atoms with Crippen molar-refractivity contribution in [3.8, 4) is 0 Å². The summed E-state index contributed by atoms with van der Waals surface area (Å²) in [6, 6.07) is 0.693. The van der Waals surface area contributed by atoms with Crippen LogP contribution in [0.2, 0.25) is 0 Å². The van der Waals surface area contributed by atoms with Crippen molar-refractivity contribution in [2.24, 2.45) is 11.8 Å². The molecule has 3 rings (SSSR count). The number of aromatic nitrogens is 2. The molecule has 0 bridgehead atoms. The van der Waals surface area contributed by atoms with Crippen molar-refractivity contribution in [3.05, 3.63) is 27.4 Å². The van der Waals surface area contributed by atoms with Crippen molar-refractivity contribution in [2.45, 2.75) is 58.5 Å². The summed E-state index contributed by atoms with van der Waals surface area (Å²) in [5.41, 5.74) is 1.67. The SMILES string of the molecule is Cc1nc(C)c(C(C)NC(C2CC2)C2CC2)c(=O)[nH]1. The fraction of sp³-hybridized carbons (Fsp3) is 0.733. The Labute approximate surface area is 114 Å². The fourth-order valence-electron chi connectivity index (χ4n) is 3.19. The Morgan fingerprint density at radius 1 is 1.21 bits per heavy atom. The molecule has 1 aromatic heterocycles. The zero-order valence-electron chi connectivity index (χ0n) is 12.0. The molecule has 0 aliphatic heterocycles. The third kappa shape index (κ3) is 2.73. The molecule has 0 spiro atoms. The third-order valence-corrected chi connectivity index (χ3v) is 4.40. The molecule has 1 unspecified atom stereocenters. The largest absolute Gasteiger partial charge is 0.310 e. The van der Waals surface area contributed by atoms with Gasteiger partial charge in [0.05, 0.1) is 5.56 Å². The second-order valence-electron chi connectivity index (χ2n) is 6.24. The maximum atomic E-state index is 12.1. The molecule has 0 aromatic carbocycles. The van der Waals surface area contributed by atoms with Gasteiger partial charge in [-0.2, -0.15) is 0 Å². The lowest BCUT2D eigenvalue weighted by atomic mass is 10.0. The number of H-pyrrole nitrogens is 1. The van der Waals surface area contributed by atoms with Crippen molar-refractivity contribution in [3.63, 3.8) is 0 Å². The maximum Gasteiger partial charge on any atom is 0.255 e. The molecule has 0 saturated heterocycles. The lowest BCUT2D eigenvalue weighted by Crippen LogP contribution is -2.38. The normalized spacial score (nSPS) is 20.8. The Morgan fingerprint density at radius 2 is 1.79 bits per heavy atom. The summed E-state index contributed by atoms with van der Waals surface area (Å²) in [5, 5.41) is 3.70. The second-order valence-corrected chi connectivity index (χ2v) is 6.24. The molecular formula is C15H23N3O. The van der Waals surface area contributed by atoms with Gasteiger partial charge in [0.15, 0.2) is 0 Å². The fourth-order valence-corrected chi connectivity index (χ4v) is 3.19. The van der Waals surface area contributed by atoms with E-state index >= 15 is 0 Å². The first-order chi connectivity index (χ1) is 9.06. The lowest BCUT2D eigenvalue weighted by molar-refractivity contribution is 0.375. The van der Waals surface area contributed by atoms with Crippen LogP contribution < -0.4 is 10.9 Å². The van der Waals surface area contributed by atoms with E-state index in [2.05, 4.69) is 22.2 Å². The van der Waals surface area contributed by atoms with Gasteiger partial charge in [0.1, 0.15) is 5.82 Å². The molecular weight excluding hydrogens is 238 g/mol. The van der Waals surface area contributed by atoms with Crippen molar-refractivity contribution in [2.75, 3.05) is 0 Å². The van der Waals surface area contributed by atoms with E-state index in [1.165, 1.54) is 25.7 Å². The number of nitrogens with one attached hydrogen (secondary N) is 2. The zero-order chi connectivity index (χ0) is 13.6. The number of hydrogen-bond donors (Lipinski definition) is 2. The Hall–Kier alpha value is -1.16. The van der Waals surface area contributed by atoms with Crippen LogP contribution in [0.1, 0.15) is 55.7 Å². The van der Waals surface area contributed by atoms with Crippen LogP contribution >= 0.6 is 0 Å². The van der Waals surface area contributed by atoms with Gasteiger partial charge in [0.25, 0.3) is 5.56 Å². The minimum absolute atomic E-state index is 0.00958. The van der Waals surface area contributed by atoms with Gasteiger partial charge in [-0.1, -0.05) is 0 Å². The number of nitrogens with zero attached hydrogens (tertiary/aromatic N) is 1. The predicted octanol–water partition coefficient (Wildman–Crippen LogP) is 2.23. The van der Waals surface area contributed by atoms with Crippen molar-refractivity contribution < 1.29 is 0 Å². The Morgan fingerprint density at radius 3 is 2.26 bits per heavy atom. The molecule has 2 aliphatic rings. The van der Waals surface area contributed by atoms with E-state index in [1.54, 1.807) is 0 Å². The van der Waals surface area contributed by atoms with Gasteiger partial charge < -0.3 is 10.3 Å². The highest BCUT2D eigenvalue weighted by molar-refractivity contribution is 5.20. The van der Waals surface area contributed by atoms with Gasteiger partial charge in [0.2, 0.25) is 0 Å². The van der Waals surface area contributed by atoms with Crippen LogP contribution in [0.4, 0.5) is 0 Å². The standard InChI is InChI=1S/C15H23N3O/c1-8-13(15(19)18-10(3)16-8)9(2)17-14(11-4-5-11)12-6-7-12/h9,11-12,14,17H,4-7H2,1-3H3,(H,16,18,19). The molecule has 4 heteroatoms. The van der Waals surface area contributed by atoms with E-state index in [9.17, 15) is 4.79 Å². The Bertz CT molecular complexity index is 517. The highest BCUT2D eigenvalue weighted by Gasteiger charge is 2.42. The molecule has 104 valence electrons. The van der Waals surface area contributed by atoms with Gasteiger partial charge in [-0.05, 0) is 58.3 Å². The van der Waals surface area contributed by atoms with E-state index in [0.717, 1.165) is 23.1 Å². The summed E-state index contributed by atoms with van der Waals surface area (Å²) in [6.07, 6.45) is 5.40. The van der Waals surface area contributed by atoms with Gasteiger partial charge >= 0.3 is 0 Å². The van der Waals surface area contributed by atoms with E-state index in [0.29, 0.717) is 11.9 Å². The highest BCUT2D eigenvalue weighted by Crippen LogP contribution is 2.45. The van der Waals surface area contributed by atoms with Crippen LogP contribution in [0, 0.1) is 25.7 Å². The summed E-state index contributed by atoms with van der Waals surface area (Å²) in [6.45, 7) is 5.85. The molecule has 4 nitrogen and oxygen atoms in total. The van der Waals surface area contributed by atoms with Crippen LogP contribution in [-0.4, -0.2) is 16.0 Å². The molecule has 2 saturated carbocycles. The van der Waals surface area contributed by atoms with Gasteiger partial charge in [-0.3, -0.25) is 4.79 Å². The van der Waals surface area contributed by atoms with Gasteiger partial charge in [0, 0.05) is 17.8 Å². The molecule has 2 aliphatic carbocycles. The molecule has 19 heavy (non-hydrogen) atoms. The first-order valence-electron chi connectivity index (χ1n) is 7.39. The van der Waals surface area contributed by atoms with Gasteiger partial charge in [-0.25, -0.2) is 4.98 Å². The van der Waals surface area contributed by atoms with Crippen LogP contribution in [0.25, 0.3) is 0 Å². The average Bonchev–Trinajstić information content (AvgIpc) is 3.17. The Kier molecular flexibility index (Phi) is 3.21. The molecule has 1 aromatic rings. The van der Waals surface area contributed by atoms with Crippen LogP contribution in [0.5, 0.6) is 0 Å². The third-order valence-electron chi connectivity index (χ3n) is 4.40. The maximum absolute atomic E-state index is 12.1. The summed E-state index contributed by atoms with van der Waals surface area (Å²) in [7, 11) is 0. The van der Waals surface area contributed by atoms with E-state index < -0.39 is 0 Å². The Balaban J connectivity index is 1.79. The summed E-state index contributed by atoms with van der Waals surface area (Å²) < 4.78 is 0. The quantitative estimate of drug-likeness (QED) is 0.854. The van der Waals surface area contributed by atoms with Crippen molar-refractivity contribution in [1.82, 2.24) is 15.3 Å². The monoisotopic (exact) mass is 261 g/mol. The highest BCUT2D eigenvalue weighted by atomic mass is 16.1. The minimum atomic E-state index is 0.00958. The van der Waals surface area contributed by atoms with Crippen molar-refractivity contribution >= 4 is 0 Å². The van der Waals surface area contributed by atoms with Gasteiger partial charge in [-0.15, -0.1) is 0 Å².